The first-order valence-corrected chi connectivity index (χ1v) is 7.29. The predicted molar refractivity (Wildman–Crippen MR) is 86.0 cm³/mol. The maximum absolute atomic E-state index is 11.7. The molecule has 0 aliphatic rings. The number of anilines is 1. The molecule has 2 aromatic rings. The highest BCUT2D eigenvalue weighted by Crippen LogP contribution is 2.19. The summed E-state index contributed by atoms with van der Waals surface area (Å²) in [5, 5.41) is 4.63. The fraction of sp³-hybridized carbons (Fsp3) is 0.118. The highest BCUT2D eigenvalue weighted by molar-refractivity contribution is 8.02. The molecule has 0 saturated carbocycles. The van der Waals surface area contributed by atoms with Gasteiger partial charge >= 0.3 is 0 Å². The summed E-state index contributed by atoms with van der Waals surface area (Å²) in [6.07, 6.45) is 1.55. The first kappa shape index (κ1) is 14.4. The van der Waals surface area contributed by atoms with Gasteiger partial charge in [-0.2, -0.15) is 0 Å². The van der Waals surface area contributed by atoms with Crippen LogP contribution < -0.4 is 5.32 Å². The number of amides is 1. The fourth-order valence-corrected chi connectivity index (χ4v) is 2.44. The van der Waals surface area contributed by atoms with Gasteiger partial charge in [0.15, 0.2) is 0 Å². The summed E-state index contributed by atoms with van der Waals surface area (Å²) < 4.78 is 0. The maximum atomic E-state index is 11.7. The van der Waals surface area contributed by atoms with Crippen LogP contribution in [0.2, 0.25) is 0 Å². The smallest absolute Gasteiger partial charge is 0.248 e. The Kier molecular flexibility index (Phi) is 5.02. The van der Waals surface area contributed by atoms with Gasteiger partial charge in [0.05, 0.1) is 0 Å². The minimum absolute atomic E-state index is 0.117. The largest absolute Gasteiger partial charge is 0.322 e. The van der Waals surface area contributed by atoms with Crippen molar-refractivity contribution in [3.8, 4) is 0 Å². The summed E-state index contributed by atoms with van der Waals surface area (Å²) in [5.41, 5.74) is 3.20. The molecule has 0 fully saturated rings. The van der Waals surface area contributed by atoms with Crippen LogP contribution in [0.5, 0.6) is 0 Å². The summed E-state index contributed by atoms with van der Waals surface area (Å²) in [7, 11) is 0. The van der Waals surface area contributed by atoms with Gasteiger partial charge in [-0.1, -0.05) is 47.2 Å². The summed E-state index contributed by atoms with van der Waals surface area (Å²) in [4.78, 5) is 12.9. The van der Waals surface area contributed by atoms with Crippen LogP contribution in [0.4, 0.5) is 5.69 Å². The van der Waals surface area contributed by atoms with Gasteiger partial charge < -0.3 is 5.32 Å². The molecule has 1 amide bonds. The molecule has 0 spiro atoms. The maximum Gasteiger partial charge on any atom is 0.248 e. The van der Waals surface area contributed by atoms with Gasteiger partial charge in [-0.3, -0.25) is 4.79 Å². The number of benzene rings is 2. The van der Waals surface area contributed by atoms with Gasteiger partial charge in [0.1, 0.15) is 0 Å². The summed E-state index contributed by atoms with van der Waals surface area (Å²) in [6, 6.07) is 15.9. The van der Waals surface area contributed by atoms with E-state index in [1.165, 1.54) is 22.9 Å². The van der Waals surface area contributed by atoms with Crippen LogP contribution in [0.3, 0.4) is 0 Å². The van der Waals surface area contributed by atoms with Crippen LogP contribution >= 0.6 is 11.8 Å². The second-order valence-corrected chi connectivity index (χ2v) is 5.57. The van der Waals surface area contributed by atoms with Crippen LogP contribution in [0.25, 0.3) is 0 Å². The zero-order valence-electron chi connectivity index (χ0n) is 11.6. The molecule has 0 unspecified atom stereocenters. The lowest BCUT2D eigenvalue weighted by molar-refractivity contribution is -0.111. The summed E-state index contributed by atoms with van der Waals surface area (Å²) in [5.74, 6) is -0.117. The summed E-state index contributed by atoms with van der Waals surface area (Å²) >= 11 is 1.53. The van der Waals surface area contributed by atoms with E-state index in [1.807, 2.05) is 43.3 Å². The highest BCUT2D eigenvalue weighted by atomic mass is 32.2. The quantitative estimate of drug-likeness (QED) is 0.659. The first-order chi connectivity index (χ1) is 9.63. The fourth-order valence-electron chi connectivity index (χ4n) is 1.68. The van der Waals surface area contributed by atoms with Crippen molar-refractivity contribution in [3.63, 3.8) is 0 Å². The monoisotopic (exact) mass is 283 g/mol. The van der Waals surface area contributed by atoms with E-state index in [2.05, 4.69) is 24.4 Å². The minimum atomic E-state index is -0.117. The number of rotatable bonds is 4. The molecular weight excluding hydrogens is 266 g/mol. The van der Waals surface area contributed by atoms with Crippen molar-refractivity contribution in [2.24, 2.45) is 0 Å². The Morgan fingerprint density at radius 2 is 1.80 bits per heavy atom. The molecule has 0 aliphatic carbocycles. The van der Waals surface area contributed by atoms with Crippen molar-refractivity contribution in [1.82, 2.24) is 0 Å². The van der Waals surface area contributed by atoms with Crippen molar-refractivity contribution in [2.45, 2.75) is 18.7 Å². The van der Waals surface area contributed by atoms with Crippen molar-refractivity contribution in [1.29, 1.82) is 0 Å². The number of carbonyl (C=O) groups excluding carboxylic acids is 1. The lowest BCUT2D eigenvalue weighted by Gasteiger charge is -2.02. The third-order valence-electron chi connectivity index (χ3n) is 2.73. The third-order valence-corrected chi connectivity index (χ3v) is 3.53. The molecule has 3 heteroatoms. The molecule has 0 atom stereocenters. The molecule has 0 saturated heterocycles. The van der Waals surface area contributed by atoms with Crippen LogP contribution in [-0.4, -0.2) is 5.91 Å². The number of carbonyl (C=O) groups is 1. The normalized spacial score (nSPS) is 10.7. The van der Waals surface area contributed by atoms with Crippen LogP contribution in [0.1, 0.15) is 11.1 Å². The molecule has 0 bridgehead atoms. The minimum Gasteiger partial charge on any atom is -0.322 e. The molecule has 0 aliphatic heterocycles. The van der Waals surface area contributed by atoms with Gasteiger partial charge in [-0.25, -0.2) is 0 Å². The van der Waals surface area contributed by atoms with E-state index in [1.54, 1.807) is 11.5 Å². The summed E-state index contributed by atoms with van der Waals surface area (Å²) in [6.45, 7) is 4.07. The molecule has 2 nitrogen and oxygen atoms in total. The Morgan fingerprint density at radius 3 is 2.50 bits per heavy atom. The predicted octanol–water partition coefficient (Wildman–Crippen LogP) is 4.55. The van der Waals surface area contributed by atoms with Crippen molar-refractivity contribution >= 4 is 23.4 Å². The van der Waals surface area contributed by atoms with Crippen LogP contribution in [0, 0.1) is 13.8 Å². The zero-order chi connectivity index (χ0) is 14.4. The Balaban J connectivity index is 1.88. The van der Waals surface area contributed by atoms with Crippen molar-refractivity contribution in [2.75, 3.05) is 5.32 Å². The molecular formula is C17H17NOS. The number of hydrogen-bond donors (Lipinski definition) is 1. The van der Waals surface area contributed by atoms with E-state index < -0.39 is 0 Å². The SMILES string of the molecule is Cc1ccc(NC(=O)C=CSc2cccc(C)c2)cc1. The van der Waals surface area contributed by atoms with Crippen LogP contribution in [-0.2, 0) is 4.79 Å². The lowest BCUT2D eigenvalue weighted by Crippen LogP contribution is -2.07. The lowest BCUT2D eigenvalue weighted by atomic mass is 10.2. The van der Waals surface area contributed by atoms with E-state index in [0.29, 0.717) is 0 Å². The Hall–Kier alpha value is -2.00. The first-order valence-electron chi connectivity index (χ1n) is 6.41. The molecule has 0 radical (unpaired) electrons. The van der Waals surface area contributed by atoms with E-state index in [9.17, 15) is 4.79 Å². The van der Waals surface area contributed by atoms with Gasteiger partial charge in [-0.05, 0) is 43.5 Å². The molecule has 20 heavy (non-hydrogen) atoms. The topological polar surface area (TPSA) is 29.1 Å². The number of thioether (sulfide) groups is 1. The van der Waals surface area contributed by atoms with E-state index >= 15 is 0 Å². The molecule has 1 N–H and O–H groups in total. The average molecular weight is 283 g/mol. The Bertz CT molecular complexity index is 617. The van der Waals surface area contributed by atoms with Gasteiger partial charge in [0.2, 0.25) is 5.91 Å². The number of aryl methyl sites for hydroxylation is 2. The van der Waals surface area contributed by atoms with Crippen molar-refractivity contribution in [3.05, 3.63) is 71.1 Å². The van der Waals surface area contributed by atoms with Crippen LogP contribution in [0.15, 0.2) is 64.9 Å². The van der Waals surface area contributed by atoms with E-state index in [0.717, 1.165) is 10.6 Å². The zero-order valence-corrected chi connectivity index (χ0v) is 12.4. The van der Waals surface area contributed by atoms with Crippen molar-refractivity contribution < 1.29 is 4.79 Å². The van der Waals surface area contributed by atoms with E-state index in [-0.39, 0.29) is 5.91 Å². The standard InChI is InChI=1S/C17H17NOS/c1-13-6-8-15(9-7-13)18-17(19)10-11-20-16-5-3-4-14(2)12-16/h3-12H,1-2H3,(H,18,19). The second kappa shape index (κ2) is 6.96. The van der Waals surface area contributed by atoms with Gasteiger partial charge in [0, 0.05) is 16.7 Å². The second-order valence-electron chi connectivity index (χ2n) is 4.59. The van der Waals surface area contributed by atoms with Gasteiger partial charge in [-0.15, -0.1) is 0 Å². The number of hydrogen-bond acceptors (Lipinski definition) is 2. The molecule has 2 rings (SSSR count). The highest BCUT2D eigenvalue weighted by Gasteiger charge is 1.97. The molecule has 0 aromatic heterocycles. The molecule has 0 heterocycles. The number of nitrogens with one attached hydrogen (secondary N) is 1. The Morgan fingerprint density at radius 1 is 1.05 bits per heavy atom. The molecule has 2 aromatic carbocycles. The Labute approximate surface area is 123 Å². The van der Waals surface area contributed by atoms with Gasteiger partial charge in [0.25, 0.3) is 0 Å². The average Bonchev–Trinajstić information content (AvgIpc) is 2.41. The van der Waals surface area contributed by atoms with E-state index in [4.69, 9.17) is 0 Å². The third kappa shape index (κ3) is 4.59. The molecule has 102 valence electrons.